The summed E-state index contributed by atoms with van der Waals surface area (Å²) in [5, 5.41) is 5.87. The number of rotatable bonds is 10. The van der Waals surface area contributed by atoms with Gasteiger partial charge in [0.25, 0.3) is 0 Å². The van der Waals surface area contributed by atoms with Crippen LogP contribution in [0, 0.1) is 0 Å². The summed E-state index contributed by atoms with van der Waals surface area (Å²) in [5.41, 5.74) is 4.08. The van der Waals surface area contributed by atoms with Gasteiger partial charge in [0.15, 0.2) is 5.76 Å². The van der Waals surface area contributed by atoms with Crippen LogP contribution >= 0.6 is 0 Å². The zero-order chi connectivity index (χ0) is 33.7. The molecule has 0 aliphatic carbocycles. The highest BCUT2D eigenvalue weighted by molar-refractivity contribution is 5.98. The summed E-state index contributed by atoms with van der Waals surface area (Å²) < 4.78 is 6.04. The van der Waals surface area contributed by atoms with Gasteiger partial charge < -0.3 is 34.8 Å². The van der Waals surface area contributed by atoms with Gasteiger partial charge in [-0.05, 0) is 74.2 Å². The molecular formula is C35H35N9O5. The predicted molar refractivity (Wildman–Crippen MR) is 179 cm³/mol. The van der Waals surface area contributed by atoms with Crippen LogP contribution in [0.3, 0.4) is 0 Å². The molecule has 5 heterocycles. The average molecular weight is 662 g/mol. The van der Waals surface area contributed by atoms with Crippen molar-refractivity contribution in [2.45, 2.75) is 50.6 Å². The minimum atomic E-state index is -0.526. The lowest BCUT2D eigenvalue weighted by Crippen LogP contribution is -2.43. The molecule has 14 nitrogen and oxygen atoms in total. The van der Waals surface area contributed by atoms with E-state index in [0.717, 1.165) is 24.0 Å². The number of carbonyl (C=O) groups is 4. The average Bonchev–Trinajstić information content (AvgIpc) is 3.95. The molecule has 4 amide bonds. The van der Waals surface area contributed by atoms with Gasteiger partial charge in [-0.15, -0.1) is 0 Å². The number of nitrogens with zero attached hydrogens (tertiary/aromatic N) is 5. The fraction of sp³-hybridized carbons (Fsp3) is 0.286. The van der Waals surface area contributed by atoms with Crippen LogP contribution in [-0.2, 0) is 32.0 Å². The third-order valence-electron chi connectivity index (χ3n) is 8.88. The van der Waals surface area contributed by atoms with Crippen LogP contribution in [0.2, 0.25) is 0 Å². The number of hydrogen-bond donors (Lipinski definition) is 4. The Bertz CT molecular complexity index is 1780. The lowest BCUT2D eigenvalue weighted by Gasteiger charge is -2.23. The topological polar surface area (TPSA) is 182 Å². The Morgan fingerprint density at radius 3 is 1.94 bits per heavy atom. The van der Waals surface area contributed by atoms with Gasteiger partial charge in [-0.2, -0.15) is 0 Å². The number of carbonyl (C=O) groups excluding carboxylic acids is 4. The van der Waals surface area contributed by atoms with E-state index in [2.05, 4.69) is 35.6 Å². The number of aromatic nitrogens is 5. The van der Waals surface area contributed by atoms with Gasteiger partial charge in [0.1, 0.15) is 12.1 Å². The van der Waals surface area contributed by atoms with Crippen LogP contribution in [-0.4, -0.2) is 83.5 Å². The maximum atomic E-state index is 13.1. The summed E-state index contributed by atoms with van der Waals surface area (Å²) in [5.74, 6) is 0.297. The minimum absolute atomic E-state index is 0.109. The lowest BCUT2D eigenvalue weighted by atomic mass is 10.1. The monoisotopic (exact) mass is 661 g/mol. The van der Waals surface area contributed by atoms with E-state index < -0.39 is 12.1 Å². The largest absolute Gasteiger partial charge is 0.436 e. The highest BCUT2D eigenvalue weighted by Gasteiger charge is 2.35. The van der Waals surface area contributed by atoms with E-state index in [0.29, 0.717) is 60.3 Å². The molecule has 0 bridgehead atoms. The van der Waals surface area contributed by atoms with E-state index in [9.17, 15) is 19.2 Å². The van der Waals surface area contributed by atoms with E-state index in [4.69, 9.17) is 4.42 Å². The van der Waals surface area contributed by atoms with Crippen molar-refractivity contribution in [2.24, 2.45) is 0 Å². The Morgan fingerprint density at radius 2 is 1.37 bits per heavy atom. The number of H-pyrrole nitrogens is 2. The van der Waals surface area contributed by atoms with Gasteiger partial charge >= 0.3 is 0 Å². The van der Waals surface area contributed by atoms with Crippen LogP contribution in [0.25, 0.3) is 22.8 Å². The summed E-state index contributed by atoms with van der Waals surface area (Å²) in [6, 6.07) is 13.4. The number of likely N-dealkylation sites (tertiary alicyclic amines) is 2. The van der Waals surface area contributed by atoms with Gasteiger partial charge in [0, 0.05) is 53.7 Å². The van der Waals surface area contributed by atoms with Crippen molar-refractivity contribution in [3.8, 4) is 22.8 Å². The molecule has 0 radical (unpaired) electrons. The van der Waals surface area contributed by atoms with Crippen LogP contribution in [0.15, 0.2) is 84.2 Å². The van der Waals surface area contributed by atoms with Crippen molar-refractivity contribution in [1.29, 1.82) is 0 Å². The lowest BCUT2D eigenvalue weighted by molar-refractivity contribution is -0.136. The van der Waals surface area contributed by atoms with Gasteiger partial charge in [-0.25, -0.2) is 15.0 Å². The zero-order valence-electron chi connectivity index (χ0n) is 26.6. The number of imidazole rings is 2. The normalized spacial score (nSPS) is 17.3. The molecule has 2 atom stereocenters. The van der Waals surface area contributed by atoms with Crippen molar-refractivity contribution in [2.75, 3.05) is 23.7 Å². The second-order valence-electron chi connectivity index (χ2n) is 12.1. The summed E-state index contributed by atoms with van der Waals surface area (Å²) in [4.78, 5) is 73.4. The quantitative estimate of drug-likeness (QED) is 0.174. The van der Waals surface area contributed by atoms with E-state index in [-0.39, 0.29) is 36.5 Å². The number of nitrogens with one attached hydrogen (secondary N) is 4. The maximum Gasteiger partial charge on any atom is 0.247 e. The predicted octanol–water partition coefficient (Wildman–Crippen LogP) is 3.80. The number of oxazole rings is 1. The Morgan fingerprint density at radius 1 is 0.755 bits per heavy atom. The Kier molecular flexibility index (Phi) is 9.00. The Hall–Kier alpha value is -6.05. The van der Waals surface area contributed by atoms with Crippen LogP contribution in [0.4, 0.5) is 11.4 Å². The third-order valence-corrected chi connectivity index (χ3v) is 8.88. The molecule has 5 aromatic rings. The first-order valence-electron chi connectivity index (χ1n) is 16.2. The SMILES string of the molecule is O=C(Nc1ccc(-c2cnc(-c3ccc(NC(=O)[C@@H]4CCCN4C(=O)Cc4cnc[nH]4)cc3)o2)cc1)[C@@H]1CCCN1C(=O)Cc1c[nH]cn1. The fourth-order valence-corrected chi connectivity index (χ4v) is 6.37. The molecule has 2 fully saturated rings. The van der Waals surface area contributed by atoms with Gasteiger partial charge in [0.2, 0.25) is 29.5 Å². The molecule has 49 heavy (non-hydrogen) atoms. The highest BCUT2D eigenvalue weighted by atomic mass is 16.4. The van der Waals surface area contributed by atoms with Crippen LogP contribution in [0.1, 0.15) is 37.1 Å². The zero-order valence-corrected chi connectivity index (χ0v) is 26.6. The fourth-order valence-electron chi connectivity index (χ4n) is 6.37. The second-order valence-corrected chi connectivity index (χ2v) is 12.1. The molecule has 7 rings (SSSR count). The first-order valence-corrected chi connectivity index (χ1v) is 16.2. The van der Waals surface area contributed by atoms with Crippen LogP contribution < -0.4 is 10.6 Å². The van der Waals surface area contributed by atoms with Crippen molar-refractivity contribution in [1.82, 2.24) is 34.7 Å². The molecule has 0 saturated carbocycles. The number of hydrogen-bond acceptors (Lipinski definition) is 8. The minimum Gasteiger partial charge on any atom is -0.436 e. The smallest absolute Gasteiger partial charge is 0.247 e. The molecule has 2 aromatic carbocycles. The molecular weight excluding hydrogens is 626 g/mol. The van der Waals surface area contributed by atoms with Crippen molar-refractivity contribution < 1.29 is 23.6 Å². The number of anilines is 2. The van der Waals surface area contributed by atoms with E-state index in [1.54, 1.807) is 52.7 Å². The molecule has 0 spiro atoms. The number of amides is 4. The van der Waals surface area contributed by atoms with E-state index in [1.807, 2.05) is 24.3 Å². The highest BCUT2D eigenvalue weighted by Crippen LogP contribution is 2.29. The van der Waals surface area contributed by atoms with Gasteiger partial charge in [0.05, 0.1) is 37.4 Å². The molecule has 2 aliphatic rings. The maximum absolute atomic E-state index is 13.1. The Balaban J connectivity index is 0.931. The first-order chi connectivity index (χ1) is 23.9. The standard InChI is InChI=1S/C35H35N9O5/c45-31(15-26-17-36-20-39-26)43-13-1-3-28(43)33(47)41-24-9-5-22(6-10-24)30-19-38-35(49-30)23-7-11-25(12-8-23)42-34(48)29-4-2-14-44(29)32(46)16-27-18-37-21-40-27/h5-12,17-21,28-29H,1-4,13-16H2,(H,36,39)(H,37,40)(H,41,47)(H,42,48)/t28-,29-/m0/s1. The second kappa shape index (κ2) is 14.0. The molecule has 2 aliphatic heterocycles. The van der Waals surface area contributed by atoms with Crippen molar-refractivity contribution >= 4 is 35.0 Å². The Labute approximate surface area is 281 Å². The number of aromatic amines is 2. The summed E-state index contributed by atoms with van der Waals surface area (Å²) in [6.45, 7) is 1.09. The van der Waals surface area contributed by atoms with Gasteiger partial charge in [-0.3, -0.25) is 19.2 Å². The molecule has 4 N–H and O–H groups in total. The molecule has 0 unspecified atom stereocenters. The van der Waals surface area contributed by atoms with Crippen molar-refractivity contribution in [3.05, 3.63) is 91.2 Å². The number of benzene rings is 2. The summed E-state index contributed by atoms with van der Waals surface area (Å²) in [7, 11) is 0. The third kappa shape index (κ3) is 7.12. The summed E-state index contributed by atoms with van der Waals surface area (Å²) >= 11 is 0. The molecule has 14 heteroatoms. The van der Waals surface area contributed by atoms with Crippen molar-refractivity contribution in [3.63, 3.8) is 0 Å². The molecule has 2 saturated heterocycles. The van der Waals surface area contributed by atoms with E-state index in [1.165, 1.54) is 12.7 Å². The first kappa shape index (κ1) is 31.5. The molecule has 3 aromatic heterocycles. The van der Waals surface area contributed by atoms with E-state index >= 15 is 0 Å². The van der Waals surface area contributed by atoms with Gasteiger partial charge in [-0.1, -0.05) is 0 Å². The van der Waals surface area contributed by atoms with Crippen LogP contribution in [0.5, 0.6) is 0 Å². The summed E-state index contributed by atoms with van der Waals surface area (Å²) in [6.07, 6.45) is 11.1. The molecule has 250 valence electrons.